The minimum Gasteiger partial charge on any atom is -0.350 e. The summed E-state index contributed by atoms with van der Waals surface area (Å²) in [5.41, 5.74) is 0. The molecule has 0 bridgehead atoms. The van der Waals surface area contributed by atoms with Crippen molar-refractivity contribution in [2.75, 3.05) is 27.2 Å². The molecule has 0 aliphatic carbocycles. The third kappa shape index (κ3) is 21.4. The lowest BCUT2D eigenvalue weighted by molar-refractivity contribution is -1.07. The van der Waals surface area contributed by atoms with Crippen LogP contribution in [0.5, 0.6) is 0 Å². The standard InChI is InChI=1S/C22H46N2O2/c1-4-5-6-7-8-9-10-11-12-13-14-15-16-17-18-19-22(25)23-20-21-24(2,3)26/h26H,4-21H2,1-3H3/p+1. The quantitative estimate of drug-likeness (QED) is 0.170. The van der Waals surface area contributed by atoms with Crippen LogP contribution < -0.4 is 5.32 Å². The van der Waals surface area contributed by atoms with Gasteiger partial charge >= 0.3 is 0 Å². The van der Waals surface area contributed by atoms with Gasteiger partial charge in [-0.3, -0.25) is 4.79 Å². The summed E-state index contributed by atoms with van der Waals surface area (Å²) in [4.78, 5) is 11.7. The van der Waals surface area contributed by atoms with Crippen molar-refractivity contribution in [3.63, 3.8) is 0 Å². The molecule has 0 aromatic rings. The molecule has 0 spiro atoms. The van der Waals surface area contributed by atoms with E-state index < -0.39 is 0 Å². The number of quaternary nitrogens is 1. The Morgan fingerprint density at radius 2 is 1.12 bits per heavy atom. The van der Waals surface area contributed by atoms with Gasteiger partial charge in [0.15, 0.2) is 0 Å². The van der Waals surface area contributed by atoms with Gasteiger partial charge in [0.1, 0.15) is 6.54 Å². The molecule has 0 radical (unpaired) electrons. The molecule has 26 heavy (non-hydrogen) atoms. The Hall–Kier alpha value is -0.610. The lowest BCUT2D eigenvalue weighted by atomic mass is 10.0. The highest BCUT2D eigenvalue weighted by Gasteiger charge is 2.10. The number of carbonyl (C=O) groups excluding carboxylic acids is 1. The molecule has 0 rings (SSSR count). The van der Waals surface area contributed by atoms with E-state index in [4.69, 9.17) is 0 Å². The molecular formula is C22H47N2O2+. The zero-order chi connectivity index (χ0) is 19.5. The largest absolute Gasteiger partial charge is 0.350 e. The summed E-state index contributed by atoms with van der Waals surface area (Å²) < 4.78 is -0.0980. The van der Waals surface area contributed by atoms with Gasteiger partial charge in [-0.05, 0) is 6.42 Å². The SMILES string of the molecule is CCCCCCCCCCCCCCCCCC(=O)NCC[N+](C)(C)O. The summed E-state index contributed by atoms with van der Waals surface area (Å²) >= 11 is 0. The topological polar surface area (TPSA) is 49.3 Å². The van der Waals surface area contributed by atoms with Gasteiger partial charge < -0.3 is 5.32 Å². The number of hydrogen-bond donors (Lipinski definition) is 2. The van der Waals surface area contributed by atoms with Gasteiger partial charge in [0.2, 0.25) is 5.91 Å². The first-order chi connectivity index (χ1) is 12.5. The van der Waals surface area contributed by atoms with E-state index in [-0.39, 0.29) is 10.6 Å². The molecule has 0 heterocycles. The van der Waals surface area contributed by atoms with E-state index in [0.29, 0.717) is 19.5 Å². The fourth-order valence-corrected chi connectivity index (χ4v) is 3.21. The lowest BCUT2D eigenvalue weighted by Gasteiger charge is -2.19. The van der Waals surface area contributed by atoms with Crippen molar-refractivity contribution in [2.24, 2.45) is 0 Å². The van der Waals surface area contributed by atoms with Crippen LogP contribution in [-0.4, -0.2) is 42.9 Å². The number of carbonyl (C=O) groups is 1. The molecule has 156 valence electrons. The number of hydroxylamine groups is 3. The van der Waals surface area contributed by atoms with E-state index >= 15 is 0 Å². The van der Waals surface area contributed by atoms with Crippen LogP contribution in [0.15, 0.2) is 0 Å². The van der Waals surface area contributed by atoms with Crippen LogP contribution in [0.3, 0.4) is 0 Å². The normalized spacial score (nSPS) is 11.7. The molecule has 0 aromatic heterocycles. The minimum absolute atomic E-state index is 0.0980. The van der Waals surface area contributed by atoms with Crippen LogP contribution in [0.4, 0.5) is 0 Å². The number of amides is 1. The molecule has 4 nitrogen and oxygen atoms in total. The van der Waals surface area contributed by atoms with Gasteiger partial charge in [0.05, 0.1) is 20.6 Å². The fourth-order valence-electron chi connectivity index (χ4n) is 3.21. The monoisotopic (exact) mass is 371 g/mol. The van der Waals surface area contributed by atoms with Gasteiger partial charge in [0, 0.05) is 6.42 Å². The van der Waals surface area contributed by atoms with Crippen molar-refractivity contribution in [3.8, 4) is 0 Å². The molecular weight excluding hydrogens is 324 g/mol. The second-order valence-corrected chi connectivity index (χ2v) is 8.39. The van der Waals surface area contributed by atoms with Crippen LogP contribution in [0.2, 0.25) is 0 Å². The number of nitrogens with one attached hydrogen (secondary N) is 1. The fraction of sp³-hybridized carbons (Fsp3) is 0.955. The second-order valence-electron chi connectivity index (χ2n) is 8.39. The van der Waals surface area contributed by atoms with Crippen molar-refractivity contribution in [1.29, 1.82) is 0 Å². The summed E-state index contributed by atoms with van der Waals surface area (Å²) in [5.74, 6) is 0.119. The van der Waals surface area contributed by atoms with E-state index in [2.05, 4.69) is 12.2 Å². The Morgan fingerprint density at radius 3 is 1.50 bits per heavy atom. The zero-order valence-corrected chi connectivity index (χ0v) is 18.0. The Balaban J connectivity index is 3.16. The highest BCUT2D eigenvalue weighted by Crippen LogP contribution is 2.13. The molecule has 0 saturated carbocycles. The Morgan fingerprint density at radius 1 is 0.731 bits per heavy atom. The van der Waals surface area contributed by atoms with Crippen molar-refractivity contribution < 1.29 is 14.6 Å². The van der Waals surface area contributed by atoms with Crippen LogP contribution in [-0.2, 0) is 4.79 Å². The number of unbranched alkanes of at least 4 members (excludes halogenated alkanes) is 14. The summed E-state index contributed by atoms with van der Waals surface area (Å²) in [6.07, 6.45) is 20.8. The number of rotatable bonds is 19. The first-order valence-corrected chi connectivity index (χ1v) is 11.3. The smallest absolute Gasteiger partial charge is 0.220 e. The van der Waals surface area contributed by atoms with E-state index in [0.717, 1.165) is 12.8 Å². The molecule has 0 fully saturated rings. The van der Waals surface area contributed by atoms with E-state index in [1.165, 1.54) is 83.5 Å². The molecule has 0 atom stereocenters. The predicted octanol–water partition coefficient (Wildman–Crippen LogP) is 5.83. The summed E-state index contributed by atoms with van der Waals surface area (Å²) in [6.45, 7) is 3.36. The highest BCUT2D eigenvalue weighted by molar-refractivity contribution is 5.75. The van der Waals surface area contributed by atoms with E-state index in [1.807, 2.05) is 0 Å². The third-order valence-corrected chi connectivity index (χ3v) is 4.99. The zero-order valence-electron chi connectivity index (χ0n) is 18.0. The Labute approximate surface area is 163 Å². The number of hydrogen-bond acceptors (Lipinski definition) is 2. The van der Waals surface area contributed by atoms with Crippen LogP contribution in [0.25, 0.3) is 0 Å². The first kappa shape index (κ1) is 25.4. The van der Waals surface area contributed by atoms with Crippen molar-refractivity contribution >= 4 is 5.91 Å². The molecule has 0 aliphatic heterocycles. The van der Waals surface area contributed by atoms with Gasteiger partial charge in [-0.15, -0.1) is 0 Å². The van der Waals surface area contributed by atoms with Crippen LogP contribution in [0.1, 0.15) is 110 Å². The van der Waals surface area contributed by atoms with Crippen molar-refractivity contribution in [2.45, 2.75) is 110 Å². The molecule has 0 saturated heterocycles. The molecule has 2 N–H and O–H groups in total. The molecule has 0 unspecified atom stereocenters. The first-order valence-electron chi connectivity index (χ1n) is 11.3. The minimum atomic E-state index is -0.0980. The lowest BCUT2D eigenvalue weighted by Crippen LogP contribution is -2.42. The second kappa shape index (κ2) is 17.8. The number of likely N-dealkylation sites (N-methyl/N-ethyl adjacent to an activating group) is 1. The van der Waals surface area contributed by atoms with Gasteiger partial charge in [-0.1, -0.05) is 96.8 Å². The van der Waals surface area contributed by atoms with Crippen molar-refractivity contribution in [1.82, 2.24) is 5.32 Å². The Bertz CT molecular complexity index is 314. The van der Waals surface area contributed by atoms with Gasteiger partial charge in [-0.25, -0.2) is 5.21 Å². The highest BCUT2D eigenvalue weighted by atomic mass is 16.5. The van der Waals surface area contributed by atoms with Gasteiger partial charge in [-0.2, -0.15) is 4.65 Å². The molecule has 0 aromatic carbocycles. The van der Waals surface area contributed by atoms with Crippen LogP contribution >= 0.6 is 0 Å². The summed E-state index contributed by atoms with van der Waals surface area (Å²) in [7, 11) is 3.42. The van der Waals surface area contributed by atoms with Crippen molar-refractivity contribution in [3.05, 3.63) is 0 Å². The van der Waals surface area contributed by atoms with Gasteiger partial charge in [0.25, 0.3) is 0 Å². The predicted molar refractivity (Wildman–Crippen MR) is 111 cm³/mol. The molecule has 4 heteroatoms. The third-order valence-electron chi connectivity index (χ3n) is 4.99. The Kier molecular flexibility index (Phi) is 17.4. The average molecular weight is 372 g/mol. The summed E-state index contributed by atoms with van der Waals surface area (Å²) in [5, 5.41) is 12.4. The number of nitrogens with zero attached hydrogens (tertiary/aromatic N) is 1. The molecule has 1 amide bonds. The maximum absolute atomic E-state index is 11.7. The van der Waals surface area contributed by atoms with Crippen LogP contribution in [0, 0.1) is 0 Å². The maximum atomic E-state index is 11.7. The summed E-state index contributed by atoms with van der Waals surface area (Å²) in [6, 6.07) is 0. The average Bonchev–Trinajstić information content (AvgIpc) is 2.57. The maximum Gasteiger partial charge on any atom is 0.220 e. The van der Waals surface area contributed by atoms with E-state index in [9.17, 15) is 10.0 Å². The van der Waals surface area contributed by atoms with E-state index in [1.54, 1.807) is 14.1 Å². The molecule has 0 aliphatic rings.